The smallest absolute Gasteiger partial charge is 0.0652 e. The molecule has 0 aliphatic heterocycles. The third-order valence-electron chi connectivity index (χ3n) is 8.93. The van der Waals surface area contributed by atoms with Crippen LogP contribution in [-0.4, -0.2) is 0 Å². The normalized spacial score (nSPS) is 15.5. The fourth-order valence-electron chi connectivity index (χ4n) is 6.60. The zero-order valence-corrected chi connectivity index (χ0v) is 27.0. The zero-order chi connectivity index (χ0) is 45.2. The molecule has 0 saturated heterocycles. The molecule has 0 saturated carbocycles. The van der Waals surface area contributed by atoms with Crippen LogP contribution in [0, 0.1) is 0 Å². The maximum absolute atomic E-state index is 10.1. The standard InChI is InChI=1S/C48H31NS/c1-2-16-38(17-3-1)49(39-25-23-33(24-26-39)36-22-21-32-11-4-5-13-35(32)29-36)40-27-28-46-45(31-40)47-44(30-37-14-7-9-19-42(37)48(47)50-46)43-20-10-15-34-12-6-8-18-41(34)43/h1-31H/i6D,7D,8D,9D,12D,14D,15D,18D,19D,20D,27D,28D,30D,31D. The second kappa shape index (κ2) is 11.7. The van der Waals surface area contributed by atoms with Crippen molar-refractivity contribution in [3.8, 4) is 22.3 Å². The molecule has 0 aliphatic rings. The zero-order valence-electron chi connectivity index (χ0n) is 40.2. The van der Waals surface area contributed by atoms with E-state index in [0.717, 1.165) is 39.3 Å². The van der Waals surface area contributed by atoms with Crippen molar-refractivity contribution < 1.29 is 19.2 Å². The minimum atomic E-state index is -0.648. The summed E-state index contributed by atoms with van der Waals surface area (Å²) in [4.78, 5) is 1.70. The van der Waals surface area contributed by atoms with Gasteiger partial charge in [0.25, 0.3) is 0 Å². The van der Waals surface area contributed by atoms with Gasteiger partial charge in [0.15, 0.2) is 0 Å². The lowest BCUT2D eigenvalue weighted by Crippen LogP contribution is -2.09. The Morgan fingerprint density at radius 2 is 1.16 bits per heavy atom. The van der Waals surface area contributed by atoms with Gasteiger partial charge >= 0.3 is 0 Å². The third-order valence-corrected chi connectivity index (χ3v) is 10.1. The summed E-state index contributed by atoms with van der Waals surface area (Å²) in [5.41, 5.74) is 2.64. The van der Waals surface area contributed by atoms with E-state index in [1.165, 1.54) is 0 Å². The van der Waals surface area contributed by atoms with Crippen LogP contribution in [0.4, 0.5) is 17.1 Å². The lowest BCUT2D eigenvalue weighted by molar-refractivity contribution is 1.29. The topological polar surface area (TPSA) is 3.24 Å². The van der Waals surface area contributed by atoms with Gasteiger partial charge in [0.1, 0.15) is 0 Å². The molecule has 1 aromatic heterocycles. The molecule has 2 heteroatoms. The molecule has 1 heterocycles. The molecule has 0 amide bonds. The Hall–Kier alpha value is -6.22. The van der Waals surface area contributed by atoms with Crippen LogP contribution in [0.1, 0.15) is 19.2 Å². The van der Waals surface area contributed by atoms with Gasteiger partial charge in [-0.15, -0.1) is 11.3 Å². The average molecular weight is 668 g/mol. The summed E-state index contributed by atoms with van der Waals surface area (Å²) in [6, 6.07) is 25.2. The highest BCUT2D eigenvalue weighted by Gasteiger charge is 2.19. The quantitative estimate of drug-likeness (QED) is 0.177. The lowest BCUT2D eigenvalue weighted by Gasteiger charge is -2.26. The summed E-state index contributed by atoms with van der Waals surface area (Å²) in [7, 11) is 0. The van der Waals surface area contributed by atoms with Crippen LogP contribution < -0.4 is 4.90 Å². The molecular formula is C48H31NS. The van der Waals surface area contributed by atoms with Crippen molar-refractivity contribution in [3.05, 3.63) is 188 Å². The lowest BCUT2D eigenvalue weighted by atomic mass is 9.92. The molecule has 0 N–H and O–H groups in total. The molecule has 0 radical (unpaired) electrons. The van der Waals surface area contributed by atoms with Gasteiger partial charge in [-0.05, 0) is 109 Å². The van der Waals surface area contributed by atoms with Gasteiger partial charge in [0, 0.05) is 37.2 Å². The van der Waals surface area contributed by atoms with E-state index in [9.17, 15) is 6.85 Å². The number of nitrogens with zero attached hydrogens (tertiary/aromatic N) is 1. The Kier molecular flexibility index (Phi) is 4.22. The van der Waals surface area contributed by atoms with Gasteiger partial charge < -0.3 is 4.90 Å². The molecule has 0 atom stereocenters. The van der Waals surface area contributed by atoms with Crippen molar-refractivity contribution >= 4 is 80.9 Å². The third kappa shape index (κ3) is 4.76. The predicted octanol–water partition coefficient (Wildman–Crippen LogP) is 14.3. The first-order valence-corrected chi connectivity index (χ1v) is 16.8. The molecule has 0 unspecified atom stereocenters. The van der Waals surface area contributed by atoms with E-state index in [4.69, 9.17) is 12.3 Å². The summed E-state index contributed by atoms with van der Waals surface area (Å²) in [5, 5.41) is 1.51. The van der Waals surface area contributed by atoms with Crippen LogP contribution in [0.5, 0.6) is 0 Å². The minimum absolute atomic E-state index is 0.00576. The maximum Gasteiger partial charge on any atom is 0.0652 e. The second-order valence-electron chi connectivity index (χ2n) is 11.8. The van der Waals surface area contributed by atoms with E-state index in [0.29, 0.717) is 11.4 Å². The number of benzene rings is 9. The number of anilines is 3. The summed E-state index contributed by atoms with van der Waals surface area (Å²) in [6.07, 6.45) is 0. The van der Waals surface area contributed by atoms with E-state index in [-0.39, 0.29) is 82.7 Å². The van der Waals surface area contributed by atoms with Crippen molar-refractivity contribution in [1.82, 2.24) is 0 Å². The highest BCUT2D eigenvalue weighted by molar-refractivity contribution is 7.26. The summed E-state index contributed by atoms with van der Waals surface area (Å²) in [5.74, 6) is 0. The fourth-order valence-corrected chi connectivity index (χ4v) is 7.72. The molecule has 0 fully saturated rings. The van der Waals surface area contributed by atoms with Crippen LogP contribution in [0.2, 0.25) is 0 Å². The van der Waals surface area contributed by atoms with Crippen molar-refractivity contribution in [3.63, 3.8) is 0 Å². The summed E-state index contributed by atoms with van der Waals surface area (Å²) in [6.45, 7) is 0. The van der Waals surface area contributed by atoms with Crippen LogP contribution in [-0.2, 0) is 0 Å². The molecule has 0 aliphatic carbocycles. The molecule has 10 rings (SSSR count). The van der Waals surface area contributed by atoms with E-state index in [1.54, 1.807) is 17.0 Å². The first kappa shape index (κ1) is 18.0. The molecule has 50 heavy (non-hydrogen) atoms. The highest BCUT2D eigenvalue weighted by Crippen LogP contribution is 2.47. The predicted molar refractivity (Wildman–Crippen MR) is 217 cm³/mol. The molecule has 1 nitrogen and oxygen atoms in total. The number of hydrogen-bond donors (Lipinski definition) is 0. The van der Waals surface area contributed by atoms with Crippen molar-refractivity contribution in [1.29, 1.82) is 0 Å². The van der Waals surface area contributed by atoms with Crippen molar-refractivity contribution in [2.45, 2.75) is 0 Å². The van der Waals surface area contributed by atoms with Crippen molar-refractivity contribution in [2.24, 2.45) is 0 Å². The Bertz CT molecular complexity index is 3660. The molecule has 9 aromatic carbocycles. The van der Waals surface area contributed by atoms with E-state index in [1.807, 2.05) is 72.8 Å². The van der Waals surface area contributed by atoms with E-state index in [2.05, 4.69) is 12.1 Å². The van der Waals surface area contributed by atoms with Gasteiger partial charge in [-0.25, -0.2) is 0 Å². The van der Waals surface area contributed by atoms with Crippen LogP contribution in [0.15, 0.2) is 188 Å². The van der Waals surface area contributed by atoms with E-state index >= 15 is 0 Å². The summed E-state index contributed by atoms with van der Waals surface area (Å²) < 4.78 is 128. The number of fused-ring (bicyclic) bond motifs is 7. The van der Waals surface area contributed by atoms with Gasteiger partial charge in [0.05, 0.1) is 19.2 Å². The second-order valence-corrected chi connectivity index (χ2v) is 12.8. The molecule has 234 valence electrons. The summed E-state index contributed by atoms with van der Waals surface area (Å²) >= 11 is 0.914. The fraction of sp³-hybridized carbons (Fsp3) is 0. The maximum atomic E-state index is 10.1. The van der Waals surface area contributed by atoms with Crippen LogP contribution >= 0.6 is 11.3 Å². The van der Waals surface area contributed by atoms with Gasteiger partial charge in [-0.1, -0.05) is 133 Å². The Morgan fingerprint density at radius 3 is 2.02 bits per heavy atom. The monoisotopic (exact) mass is 667 g/mol. The average Bonchev–Trinajstić information content (AvgIpc) is 3.70. The van der Waals surface area contributed by atoms with Gasteiger partial charge in [-0.3, -0.25) is 0 Å². The Morgan fingerprint density at radius 1 is 0.440 bits per heavy atom. The first-order chi connectivity index (χ1) is 30.6. The molecule has 0 spiro atoms. The number of para-hydroxylation sites is 1. The van der Waals surface area contributed by atoms with Gasteiger partial charge in [0.2, 0.25) is 0 Å². The molecular weight excluding hydrogens is 623 g/mol. The first-order valence-electron chi connectivity index (χ1n) is 23.0. The minimum Gasteiger partial charge on any atom is -0.310 e. The molecule has 10 aromatic rings. The Balaban J connectivity index is 1.35. The number of thiophene rings is 1. The highest BCUT2D eigenvalue weighted by atomic mass is 32.1. The number of rotatable bonds is 5. The number of hydrogen-bond acceptors (Lipinski definition) is 2. The largest absolute Gasteiger partial charge is 0.310 e. The Labute approximate surface area is 314 Å². The van der Waals surface area contributed by atoms with Crippen molar-refractivity contribution in [2.75, 3.05) is 4.90 Å². The SMILES string of the molecule is [2H]c1cc([2H])c2c([2H])c([2H])c([2H])c([2H])c2c1-c1c([2H])c2c([2H])c([2H])c([2H])c([2H])c2c2sc3c([2H])c([2H])c(N(c4ccccc4)c4ccc(-c5ccc6ccccc6c5)cc4)c([2H])c3c12. The van der Waals surface area contributed by atoms with E-state index < -0.39 is 60.4 Å². The van der Waals surface area contributed by atoms with Crippen LogP contribution in [0.3, 0.4) is 0 Å². The van der Waals surface area contributed by atoms with Crippen LogP contribution in [0.25, 0.3) is 74.7 Å². The van der Waals surface area contributed by atoms with Gasteiger partial charge in [-0.2, -0.15) is 0 Å². The molecule has 0 bridgehead atoms.